The molecule has 210 valence electrons. The number of imidazole rings is 1. The topological polar surface area (TPSA) is 133 Å². The molecule has 1 aliphatic carbocycles. The fourth-order valence-electron chi connectivity index (χ4n) is 5.79. The summed E-state index contributed by atoms with van der Waals surface area (Å²) in [6.45, 7) is 7.63. The van der Waals surface area contributed by atoms with Gasteiger partial charge in [-0.25, -0.2) is 9.97 Å². The maximum atomic E-state index is 13.2. The first-order chi connectivity index (χ1) is 19.1. The molecule has 1 aliphatic heterocycles. The van der Waals surface area contributed by atoms with Gasteiger partial charge in [0.05, 0.1) is 16.0 Å². The van der Waals surface area contributed by atoms with Crippen LogP contribution in [-0.2, 0) is 17.8 Å². The molecule has 0 radical (unpaired) electrons. The van der Waals surface area contributed by atoms with Gasteiger partial charge in [-0.15, -0.1) is 4.72 Å². The minimum absolute atomic E-state index is 0.0193. The van der Waals surface area contributed by atoms with Crippen LogP contribution in [0.5, 0.6) is 0 Å². The quantitative estimate of drug-likeness (QED) is 0.271. The molecule has 1 saturated heterocycles. The number of nitrogens with one attached hydrogen (secondary N) is 1. The highest BCUT2D eigenvalue weighted by molar-refractivity contribution is 7.99. The first-order valence-electron chi connectivity index (χ1n) is 13.3. The second kappa shape index (κ2) is 10.3. The number of anilines is 3. The fraction of sp³-hybridized carbons (Fsp3) is 0.393. The minimum Gasteiger partial charge on any atom is -0.598 e. The second-order valence-electron chi connectivity index (χ2n) is 11.5. The van der Waals surface area contributed by atoms with Gasteiger partial charge in [0, 0.05) is 53.4 Å². The summed E-state index contributed by atoms with van der Waals surface area (Å²) in [6, 6.07) is 10.4. The Kier molecular flexibility index (Phi) is 7.07. The lowest BCUT2D eigenvalue weighted by Gasteiger charge is -2.44. The van der Waals surface area contributed by atoms with Crippen molar-refractivity contribution in [3.8, 4) is 0 Å². The average Bonchev–Trinajstić information content (AvgIpc) is 3.52. The maximum absolute atomic E-state index is 13.2. The summed E-state index contributed by atoms with van der Waals surface area (Å²) < 4.78 is 18.4. The van der Waals surface area contributed by atoms with Crippen molar-refractivity contribution >= 4 is 58.0 Å². The lowest BCUT2D eigenvalue weighted by molar-refractivity contribution is 0.175. The molecular formula is C28H33ClN8OS2. The highest BCUT2D eigenvalue weighted by Gasteiger charge is 2.50. The lowest BCUT2D eigenvalue weighted by Crippen LogP contribution is -2.50. The number of nitrogens with two attached hydrogens (primary N) is 2. The molecule has 2 aliphatic rings. The molecule has 0 bridgehead atoms. The first-order valence-corrected chi connectivity index (χ1v) is 15.6. The van der Waals surface area contributed by atoms with Crippen molar-refractivity contribution in [2.75, 3.05) is 29.5 Å². The molecule has 4 aromatic rings. The molecule has 5 N–H and O–H groups in total. The molecule has 40 heavy (non-hydrogen) atoms. The molecule has 0 amide bonds. The molecule has 1 unspecified atom stereocenters. The third kappa shape index (κ3) is 4.77. The van der Waals surface area contributed by atoms with E-state index in [2.05, 4.69) is 43.9 Å². The number of benzene rings is 1. The summed E-state index contributed by atoms with van der Waals surface area (Å²) in [5.41, 5.74) is 15.8. The van der Waals surface area contributed by atoms with Crippen molar-refractivity contribution in [3.05, 3.63) is 65.1 Å². The smallest absolute Gasteiger partial charge is 0.213 e. The molecular weight excluding hydrogens is 564 g/mol. The number of rotatable bonds is 5. The van der Waals surface area contributed by atoms with Crippen molar-refractivity contribution in [2.45, 2.75) is 60.6 Å². The number of nitrogens with zero attached hydrogens (tertiary/aromatic N) is 5. The Labute approximate surface area is 246 Å². The molecule has 12 heteroatoms. The van der Waals surface area contributed by atoms with Crippen molar-refractivity contribution in [3.63, 3.8) is 0 Å². The van der Waals surface area contributed by atoms with E-state index < -0.39 is 11.4 Å². The van der Waals surface area contributed by atoms with Gasteiger partial charge in [0.25, 0.3) is 0 Å². The summed E-state index contributed by atoms with van der Waals surface area (Å²) >= 11 is 6.61. The number of hydrogen-bond acceptors (Lipinski definition) is 9. The second-order valence-corrected chi connectivity index (χ2v) is 14.9. The van der Waals surface area contributed by atoms with Crippen LogP contribution in [0.3, 0.4) is 0 Å². The summed E-state index contributed by atoms with van der Waals surface area (Å²) in [4.78, 5) is 17.2. The number of piperidine rings is 1. The van der Waals surface area contributed by atoms with E-state index >= 15 is 0 Å². The van der Waals surface area contributed by atoms with Crippen LogP contribution in [-0.4, -0.2) is 41.7 Å². The molecule has 0 saturated carbocycles. The molecule has 1 fully saturated rings. The number of fused-ring (bicyclic) bond motifs is 2. The molecule has 3 aromatic heterocycles. The van der Waals surface area contributed by atoms with E-state index in [-0.39, 0.29) is 22.0 Å². The van der Waals surface area contributed by atoms with Crippen molar-refractivity contribution in [1.29, 1.82) is 0 Å². The van der Waals surface area contributed by atoms with Crippen molar-refractivity contribution < 1.29 is 4.55 Å². The monoisotopic (exact) mass is 596 g/mol. The van der Waals surface area contributed by atoms with E-state index in [9.17, 15) is 4.55 Å². The third-order valence-corrected chi connectivity index (χ3v) is 11.2. The van der Waals surface area contributed by atoms with Gasteiger partial charge in [0.1, 0.15) is 16.4 Å². The van der Waals surface area contributed by atoms with Crippen LogP contribution >= 0.6 is 23.4 Å². The van der Waals surface area contributed by atoms with Crippen LogP contribution < -0.4 is 21.1 Å². The number of hydrogen-bond donors (Lipinski definition) is 3. The largest absolute Gasteiger partial charge is 0.598 e. The van der Waals surface area contributed by atoms with Crippen LogP contribution in [0.4, 0.5) is 17.6 Å². The average molecular weight is 597 g/mol. The van der Waals surface area contributed by atoms with Crippen molar-refractivity contribution in [1.82, 2.24) is 24.1 Å². The van der Waals surface area contributed by atoms with Crippen LogP contribution in [0.1, 0.15) is 50.8 Å². The number of halogens is 1. The SMILES string of the molecule is CC(C)(C)[S+]([O-])N[C@@H]1c2ccccc2CC12CCN(c1nc(N)c(Sc3ccnc(N)c3Cl)c3nccn13)CC2. The van der Waals surface area contributed by atoms with Crippen molar-refractivity contribution in [2.24, 2.45) is 5.41 Å². The van der Waals surface area contributed by atoms with Crippen LogP contribution in [0, 0.1) is 5.41 Å². The summed E-state index contributed by atoms with van der Waals surface area (Å²) in [7, 11) is 0. The van der Waals surface area contributed by atoms with E-state index in [1.165, 1.54) is 22.9 Å². The molecule has 6 rings (SSSR count). The predicted molar refractivity (Wildman–Crippen MR) is 163 cm³/mol. The van der Waals surface area contributed by atoms with E-state index in [1.54, 1.807) is 18.5 Å². The number of pyridine rings is 1. The van der Waals surface area contributed by atoms with E-state index in [0.29, 0.717) is 16.5 Å². The lowest BCUT2D eigenvalue weighted by atomic mass is 9.73. The number of aromatic nitrogens is 4. The van der Waals surface area contributed by atoms with Gasteiger partial charge < -0.3 is 20.9 Å². The fourth-order valence-corrected chi connectivity index (χ4v) is 7.90. The van der Waals surface area contributed by atoms with Gasteiger partial charge in [0.2, 0.25) is 5.95 Å². The summed E-state index contributed by atoms with van der Waals surface area (Å²) in [6.07, 6.45) is 8.12. The Morgan fingerprint density at radius 3 is 2.60 bits per heavy atom. The zero-order chi connectivity index (χ0) is 28.2. The van der Waals surface area contributed by atoms with E-state index in [1.807, 2.05) is 31.4 Å². The Balaban J connectivity index is 1.28. The number of nitrogen functional groups attached to an aromatic ring is 2. The normalized spacial score (nSPS) is 19.3. The van der Waals surface area contributed by atoms with E-state index in [4.69, 9.17) is 28.1 Å². The minimum atomic E-state index is -1.17. The zero-order valence-electron chi connectivity index (χ0n) is 22.7. The summed E-state index contributed by atoms with van der Waals surface area (Å²) in [5, 5.41) is 0.384. The molecule has 4 heterocycles. The van der Waals surface area contributed by atoms with Gasteiger partial charge in [-0.3, -0.25) is 4.40 Å². The molecule has 9 nitrogen and oxygen atoms in total. The Morgan fingerprint density at radius 2 is 1.85 bits per heavy atom. The standard InChI is InChI=1S/C28H33ClN8OS2/c1-27(2,3)40(38)35-22-18-7-5-4-6-17(18)16-28(22)9-13-36(14-10-28)26-34-24(31)21(25-33-12-15-37(25)26)39-19-8-11-32-23(30)20(19)29/h4-8,11-12,15,22,35H,9-10,13-14,16,31H2,1-3H3,(H2,30,32)/t22-,40?/m1/s1. The van der Waals surface area contributed by atoms with Gasteiger partial charge >= 0.3 is 0 Å². The zero-order valence-corrected chi connectivity index (χ0v) is 25.1. The van der Waals surface area contributed by atoms with Gasteiger partial charge in [-0.1, -0.05) is 47.6 Å². The highest BCUT2D eigenvalue weighted by atomic mass is 35.5. The Morgan fingerprint density at radius 1 is 1.10 bits per heavy atom. The van der Waals surface area contributed by atoms with Crippen LogP contribution in [0.25, 0.3) is 5.65 Å². The summed E-state index contributed by atoms with van der Waals surface area (Å²) in [5.74, 6) is 1.42. The van der Waals surface area contributed by atoms with Gasteiger partial charge in [-0.2, -0.15) is 4.98 Å². The van der Waals surface area contributed by atoms with Crippen LogP contribution in [0.2, 0.25) is 5.02 Å². The predicted octanol–water partition coefficient (Wildman–Crippen LogP) is 5.03. The molecule has 2 atom stereocenters. The van der Waals surface area contributed by atoms with Gasteiger partial charge in [-0.05, 0) is 57.2 Å². The molecule has 1 aromatic carbocycles. The molecule has 1 spiro atoms. The van der Waals surface area contributed by atoms with E-state index in [0.717, 1.165) is 48.1 Å². The van der Waals surface area contributed by atoms with Crippen LogP contribution in [0.15, 0.2) is 58.7 Å². The third-order valence-electron chi connectivity index (χ3n) is 7.95. The van der Waals surface area contributed by atoms with Gasteiger partial charge in [0.15, 0.2) is 5.65 Å². The maximum Gasteiger partial charge on any atom is 0.213 e. The Bertz CT molecular complexity index is 1560. The highest BCUT2D eigenvalue weighted by Crippen LogP contribution is 2.53. The Hall–Kier alpha value is -2.70. The first kappa shape index (κ1) is 27.5.